The van der Waals surface area contributed by atoms with E-state index < -0.39 is 0 Å². The zero-order chi connectivity index (χ0) is 15.6. The summed E-state index contributed by atoms with van der Waals surface area (Å²) in [4.78, 5) is 13.0. The van der Waals surface area contributed by atoms with E-state index in [2.05, 4.69) is 45.5 Å². The maximum Gasteiger partial charge on any atom is 0.191 e. The summed E-state index contributed by atoms with van der Waals surface area (Å²) in [6.07, 6.45) is 6.47. The van der Waals surface area contributed by atoms with Gasteiger partial charge in [-0.1, -0.05) is 6.07 Å². The summed E-state index contributed by atoms with van der Waals surface area (Å²) >= 11 is 0. The van der Waals surface area contributed by atoms with Gasteiger partial charge in [-0.15, -0.1) is 0 Å². The Bertz CT molecular complexity index is 595. The van der Waals surface area contributed by atoms with E-state index >= 15 is 0 Å². The summed E-state index contributed by atoms with van der Waals surface area (Å²) in [5, 5.41) is 6.61. The molecular formula is C17H23N5. The third-order valence-electron chi connectivity index (χ3n) is 3.29. The Morgan fingerprint density at radius 2 is 2.09 bits per heavy atom. The van der Waals surface area contributed by atoms with Crippen molar-refractivity contribution in [2.24, 2.45) is 4.99 Å². The van der Waals surface area contributed by atoms with E-state index in [-0.39, 0.29) is 0 Å². The molecule has 0 spiro atoms. The number of aliphatic imine (C=N–C) groups is 1. The van der Waals surface area contributed by atoms with Gasteiger partial charge in [-0.2, -0.15) is 0 Å². The molecule has 0 radical (unpaired) electrons. The summed E-state index contributed by atoms with van der Waals surface area (Å²) < 4.78 is 0. The Hall–Kier alpha value is -2.43. The summed E-state index contributed by atoms with van der Waals surface area (Å²) in [7, 11) is 0. The Balaban J connectivity index is 1.87. The third-order valence-corrected chi connectivity index (χ3v) is 3.29. The number of aryl methyl sites for hydroxylation is 1. The fourth-order valence-electron chi connectivity index (χ4n) is 2.09. The summed E-state index contributed by atoms with van der Waals surface area (Å²) in [6, 6.07) is 7.93. The van der Waals surface area contributed by atoms with Crippen LogP contribution in [0.3, 0.4) is 0 Å². The number of nitrogens with one attached hydrogen (secondary N) is 2. The van der Waals surface area contributed by atoms with Crippen molar-refractivity contribution in [2.75, 3.05) is 13.1 Å². The van der Waals surface area contributed by atoms with E-state index in [4.69, 9.17) is 0 Å². The average molecular weight is 297 g/mol. The van der Waals surface area contributed by atoms with Crippen LogP contribution in [0.25, 0.3) is 0 Å². The van der Waals surface area contributed by atoms with Gasteiger partial charge < -0.3 is 10.6 Å². The van der Waals surface area contributed by atoms with Crippen molar-refractivity contribution in [1.29, 1.82) is 0 Å². The molecule has 0 atom stereocenters. The Labute approximate surface area is 131 Å². The number of hydrogen-bond donors (Lipinski definition) is 2. The van der Waals surface area contributed by atoms with Gasteiger partial charge in [-0.05, 0) is 49.6 Å². The second-order valence-corrected chi connectivity index (χ2v) is 5.00. The Morgan fingerprint density at radius 1 is 1.18 bits per heavy atom. The molecule has 0 aromatic carbocycles. The van der Waals surface area contributed by atoms with E-state index in [1.165, 1.54) is 11.1 Å². The first-order valence-electron chi connectivity index (χ1n) is 7.61. The molecule has 2 aromatic heterocycles. The number of aromatic nitrogens is 2. The maximum absolute atomic E-state index is 4.56. The molecule has 0 fully saturated rings. The molecule has 2 rings (SSSR count). The van der Waals surface area contributed by atoms with Crippen molar-refractivity contribution in [3.8, 4) is 0 Å². The fourth-order valence-corrected chi connectivity index (χ4v) is 2.09. The van der Waals surface area contributed by atoms with Crippen molar-refractivity contribution in [1.82, 2.24) is 20.6 Å². The first kappa shape index (κ1) is 15.9. The maximum atomic E-state index is 4.56. The SMILES string of the molecule is CCNC(=NCc1ccccn1)NCCc1ccncc1C. The lowest BCUT2D eigenvalue weighted by molar-refractivity contribution is 0.793. The van der Waals surface area contributed by atoms with Crippen LogP contribution in [0.1, 0.15) is 23.7 Å². The second kappa shape index (κ2) is 8.77. The van der Waals surface area contributed by atoms with Crippen molar-refractivity contribution in [3.05, 3.63) is 59.7 Å². The van der Waals surface area contributed by atoms with E-state index in [9.17, 15) is 0 Å². The van der Waals surface area contributed by atoms with Crippen LogP contribution in [0.5, 0.6) is 0 Å². The third kappa shape index (κ3) is 5.16. The first-order valence-corrected chi connectivity index (χ1v) is 7.61. The van der Waals surface area contributed by atoms with Crippen LogP contribution in [0, 0.1) is 6.92 Å². The quantitative estimate of drug-likeness (QED) is 0.633. The summed E-state index contributed by atoms with van der Waals surface area (Å²) in [5.41, 5.74) is 3.49. The molecule has 2 N–H and O–H groups in total. The van der Waals surface area contributed by atoms with Gasteiger partial charge in [-0.3, -0.25) is 9.97 Å². The number of pyridine rings is 2. The van der Waals surface area contributed by atoms with Crippen LogP contribution < -0.4 is 10.6 Å². The van der Waals surface area contributed by atoms with Gasteiger partial charge in [0.25, 0.3) is 0 Å². The van der Waals surface area contributed by atoms with Crippen LogP contribution in [-0.4, -0.2) is 29.0 Å². The predicted octanol–water partition coefficient (Wildman–Crippen LogP) is 2.08. The molecule has 5 heteroatoms. The van der Waals surface area contributed by atoms with Crippen LogP contribution in [-0.2, 0) is 13.0 Å². The minimum atomic E-state index is 0.574. The molecule has 0 saturated heterocycles. The summed E-state index contributed by atoms with van der Waals surface area (Å²) in [6.45, 7) is 6.39. The van der Waals surface area contributed by atoms with Crippen molar-refractivity contribution < 1.29 is 0 Å². The minimum absolute atomic E-state index is 0.574. The predicted molar refractivity (Wildman–Crippen MR) is 89.7 cm³/mol. The molecule has 22 heavy (non-hydrogen) atoms. The number of guanidine groups is 1. The normalized spacial score (nSPS) is 11.3. The van der Waals surface area contributed by atoms with Gasteiger partial charge in [0, 0.05) is 31.7 Å². The van der Waals surface area contributed by atoms with Gasteiger partial charge in [0.2, 0.25) is 0 Å². The molecule has 2 heterocycles. The minimum Gasteiger partial charge on any atom is -0.357 e. The van der Waals surface area contributed by atoms with E-state index in [1.807, 2.05) is 30.6 Å². The van der Waals surface area contributed by atoms with E-state index in [1.54, 1.807) is 6.20 Å². The zero-order valence-corrected chi connectivity index (χ0v) is 13.2. The highest BCUT2D eigenvalue weighted by Crippen LogP contribution is 2.04. The van der Waals surface area contributed by atoms with Gasteiger partial charge >= 0.3 is 0 Å². The highest BCUT2D eigenvalue weighted by atomic mass is 15.2. The monoisotopic (exact) mass is 297 g/mol. The van der Waals surface area contributed by atoms with E-state index in [0.717, 1.165) is 31.2 Å². The highest BCUT2D eigenvalue weighted by molar-refractivity contribution is 5.79. The van der Waals surface area contributed by atoms with Crippen LogP contribution in [0.15, 0.2) is 47.8 Å². The van der Waals surface area contributed by atoms with Crippen LogP contribution >= 0.6 is 0 Å². The number of rotatable bonds is 6. The van der Waals surface area contributed by atoms with Crippen molar-refractivity contribution >= 4 is 5.96 Å². The molecule has 116 valence electrons. The van der Waals surface area contributed by atoms with Crippen molar-refractivity contribution in [3.63, 3.8) is 0 Å². The van der Waals surface area contributed by atoms with Gasteiger partial charge in [-0.25, -0.2) is 4.99 Å². The smallest absolute Gasteiger partial charge is 0.191 e. The molecule has 2 aromatic rings. The van der Waals surface area contributed by atoms with Gasteiger partial charge in [0.1, 0.15) is 0 Å². The largest absolute Gasteiger partial charge is 0.357 e. The van der Waals surface area contributed by atoms with Gasteiger partial charge in [0.05, 0.1) is 12.2 Å². The van der Waals surface area contributed by atoms with Crippen LogP contribution in [0.2, 0.25) is 0 Å². The Morgan fingerprint density at radius 3 is 2.82 bits per heavy atom. The second-order valence-electron chi connectivity index (χ2n) is 5.00. The lowest BCUT2D eigenvalue weighted by Crippen LogP contribution is -2.38. The fraction of sp³-hybridized carbons (Fsp3) is 0.353. The zero-order valence-electron chi connectivity index (χ0n) is 13.2. The number of hydrogen-bond acceptors (Lipinski definition) is 3. The molecular weight excluding hydrogens is 274 g/mol. The van der Waals surface area contributed by atoms with E-state index in [0.29, 0.717) is 6.54 Å². The molecule has 5 nitrogen and oxygen atoms in total. The average Bonchev–Trinajstić information content (AvgIpc) is 2.55. The lowest BCUT2D eigenvalue weighted by atomic mass is 10.1. The molecule has 0 aliphatic carbocycles. The molecule has 0 saturated carbocycles. The van der Waals surface area contributed by atoms with Crippen LogP contribution in [0.4, 0.5) is 0 Å². The molecule has 0 amide bonds. The molecule has 0 bridgehead atoms. The molecule has 0 aliphatic heterocycles. The lowest BCUT2D eigenvalue weighted by Gasteiger charge is -2.12. The summed E-state index contributed by atoms with van der Waals surface area (Å²) in [5.74, 6) is 0.819. The molecule has 0 unspecified atom stereocenters. The number of nitrogens with zero attached hydrogens (tertiary/aromatic N) is 3. The van der Waals surface area contributed by atoms with Gasteiger partial charge in [0.15, 0.2) is 5.96 Å². The van der Waals surface area contributed by atoms with Crippen molar-refractivity contribution in [2.45, 2.75) is 26.8 Å². The topological polar surface area (TPSA) is 62.2 Å². The highest BCUT2D eigenvalue weighted by Gasteiger charge is 2.00. The molecule has 0 aliphatic rings. The standard InChI is InChI=1S/C17H23N5/c1-3-19-17(22-13-16-6-4-5-9-20-16)21-11-8-15-7-10-18-12-14(15)2/h4-7,9-10,12H,3,8,11,13H2,1-2H3,(H2,19,21,22). The first-order chi connectivity index (χ1) is 10.8. The Kier molecular flexibility index (Phi) is 6.36.